The molecule has 0 atom stereocenters. The monoisotopic (exact) mass is 244 g/mol. The maximum absolute atomic E-state index is 5.61. The molecule has 2 rings (SSSR count). The first-order valence-electron chi connectivity index (χ1n) is 7.23. The van der Waals surface area contributed by atoms with E-state index in [1.807, 2.05) is 0 Å². The van der Waals surface area contributed by atoms with Gasteiger partial charge in [0.05, 0.1) is 6.61 Å². The predicted molar refractivity (Wildman–Crippen MR) is 77.8 cm³/mol. The van der Waals surface area contributed by atoms with Gasteiger partial charge in [-0.25, -0.2) is 0 Å². The highest BCUT2D eigenvalue weighted by Crippen LogP contribution is 2.34. The fourth-order valence-corrected chi connectivity index (χ4v) is 2.67. The van der Waals surface area contributed by atoms with Crippen molar-refractivity contribution in [1.82, 2.24) is 0 Å². The summed E-state index contributed by atoms with van der Waals surface area (Å²) in [6.45, 7) is 7.22. The molecule has 0 amide bonds. The fraction of sp³-hybridized carbons (Fsp3) is 0.529. The third kappa shape index (κ3) is 3.38. The van der Waals surface area contributed by atoms with Crippen LogP contribution in [0.15, 0.2) is 30.8 Å². The average Bonchev–Trinajstić information content (AvgIpc) is 2.46. The van der Waals surface area contributed by atoms with E-state index in [1.54, 1.807) is 0 Å². The Hall–Kier alpha value is -1.24. The van der Waals surface area contributed by atoms with Gasteiger partial charge in [0.1, 0.15) is 5.75 Å². The van der Waals surface area contributed by atoms with Crippen LogP contribution < -0.4 is 4.74 Å². The molecule has 0 aromatic heterocycles. The highest BCUT2D eigenvalue weighted by molar-refractivity contribution is 5.65. The van der Waals surface area contributed by atoms with Gasteiger partial charge in [-0.1, -0.05) is 44.9 Å². The van der Waals surface area contributed by atoms with E-state index in [2.05, 4.69) is 37.8 Å². The molecular formula is C17H24O. The van der Waals surface area contributed by atoms with Crippen LogP contribution in [0.1, 0.15) is 51.0 Å². The molecule has 1 nitrogen and oxygen atoms in total. The summed E-state index contributed by atoms with van der Waals surface area (Å²) in [5.41, 5.74) is 2.60. The predicted octanol–water partition coefficient (Wildman–Crippen LogP) is 5.07. The van der Waals surface area contributed by atoms with Gasteiger partial charge < -0.3 is 4.74 Å². The van der Waals surface area contributed by atoms with E-state index in [-0.39, 0.29) is 0 Å². The molecule has 1 aromatic rings. The molecule has 98 valence electrons. The minimum Gasteiger partial charge on any atom is -0.494 e. The second-order valence-electron chi connectivity index (χ2n) is 5.23. The maximum atomic E-state index is 5.61. The van der Waals surface area contributed by atoms with Gasteiger partial charge in [0.25, 0.3) is 0 Å². The van der Waals surface area contributed by atoms with Crippen molar-refractivity contribution in [2.24, 2.45) is 5.92 Å². The zero-order chi connectivity index (χ0) is 12.8. The van der Waals surface area contributed by atoms with Gasteiger partial charge in [0.2, 0.25) is 0 Å². The Morgan fingerprint density at radius 2 is 1.83 bits per heavy atom. The molecule has 0 heterocycles. The van der Waals surface area contributed by atoms with Crippen LogP contribution in [0.25, 0.3) is 5.57 Å². The minimum atomic E-state index is 0.696. The molecule has 0 unspecified atom stereocenters. The van der Waals surface area contributed by atoms with Crippen LogP contribution in [0, 0.1) is 5.92 Å². The fourth-order valence-electron chi connectivity index (χ4n) is 2.67. The number of benzene rings is 1. The van der Waals surface area contributed by atoms with Crippen LogP contribution >= 0.6 is 0 Å². The molecule has 1 aliphatic rings. The highest BCUT2D eigenvalue weighted by Gasteiger charge is 2.17. The second-order valence-corrected chi connectivity index (χ2v) is 5.23. The Kier molecular flexibility index (Phi) is 4.86. The summed E-state index contributed by atoms with van der Waals surface area (Å²) in [4.78, 5) is 0. The topological polar surface area (TPSA) is 9.23 Å². The Labute approximate surface area is 111 Å². The van der Waals surface area contributed by atoms with Crippen molar-refractivity contribution in [3.63, 3.8) is 0 Å². The third-order valence-electron chi connectivity index (χ3n) is 3.80. The Balaban J connectivity index is 1.97. The van der Waals surface area contributed by atoms with E-state index in [0.29, 0.717) is 5.92 Å². The summed E-state index contributed by atoms with van der Waals surface area (Å²) in [6, 6.07) is 8.45. The van der Waals surface area contributed by atoms with Crippen molar-refractivity contribution in [3.05, 3.63) is 36.4 Å². The van der Waals surface area contributed by atoms with Crippen molar-refractivity contribution < 1.29 is 4.74 Å². The summed E-state index contributed by atoms with van der Waals surface area (Å²) in [6.07, 6.45) is 7.80. The molecule has 1 heteroatoms. The van der Waals surface area contributed by atoms with Crippen LogP contribution in [-0.2, 0) is 0 Å². The summed E-state index contributed by atoms with van der Waals surface area (Å²) in [7, 11) is 0. The standard InChI is InChI=1S/C17H24O/c1-3-13-18-17-11-9-16(10-12-17)14(2)15-7-5-4-6-8-15/h9-12,15H,2-8,13H2,1H3. The van der Waals surface area contributed by atoms with E-state index in [1.165, 1.54) is 43.2 Å². The lowest BCUT2D eigenvalue weighted by Crippen LogP contribution is -2.07. The van der Waals surface area contributed by atoms with E-state index in [0.717, 1.165) is 18.8 Å². The average molecular weight is 244 g/mol. The smallest absolute Gasteiger partial charge is 0.119 e. The molecule has 0 spiro atoms. The number of rotatable bonds is 5. The first-order chi connectivity index (χ1) is 8.81. The van der Waals surface area contributed by atoms with E-state index < -0.39 is 0 Å². The SMILES string of the molecule is C=C(c1ccc(OCCC)cc1)C1CCCCC1. The minimum absolute atomic E-state index is 0.696. The summed E-state index contributed by atoms with van der Waals surface area (Å²) in [5.74, 6) is 1.67. The summed E-state index contributed by atoms with van der Waals surface area (Å²) < 4.78 is 5.61. The van der Waals surface area contributed by atoms with Gasteiger partial charge in [0.15, 0.2) is 0 Å². The van der Waals surface area contributed by atoms with E-state index >= 15 is 0 Å². The lowest BCUT2D eigenvalue weighted by molar-refractivity contribution is 0.317. The number of ether oxygens (including phenoxy) is 1. The first kappa shape index (κ1) is 13.2. The largest absolute Gasteiger partial charge is 0.494 e. The van der Waals surface area contributed by atoms with Gasteiger partial charge in [-0.2, -0.15) is 0 Å². The molecule has 0 bridgehead atoms. The van der Waals surface area contributed by atoms with Crippen LogP contribution in [-0.4, -0.2) is 6.61 Å². The molecule has 18 heavy (non-hydrogen) atoms. The van der Waals surface area contributed by atoms with Crippen LogP contribution in [0.4, 0.5) is 0 Å². The van der Waals surface area contributed by atoms with Crippen molar-refractivity contribution in [1.29, 1.82) is 0 Å². The molecule has 1 fully saturated rings. The van der Waals surface area contributed by atoms with E-state index in [9.17, 15) is 0 Å². The van der Waals surface area contributed by atoms with Crippen molar-refractivity contribution in [2.75, 3.05) is 6.61 Å². The molecular weight excluding hydrogens is 220 g/mol. The quantitative estimate of drug-likeness (QED) is 0.702. The number of hydrogen-bond donors (Lipinski definition) is 0. The maximum Gasteiger partial charge on any atom is 0.119 e. The van der Waals surface area contributed by atoms with Gasteiger partial charge in [-0.15, -0.1) is 0 Å². The summed E-state index contributed by atoms with van der Waals surface area (Å²) >= 11 is 0. The van der Waals surface area contributed by atoms with Crippen molar-refractivity contribution >= 4 is 5.57 Å². The van der Waals surface area contributed by atoms with Gasteiger partial charge in [-0.3, -0.25) is 0 Å². The molecule has 1 saturated carbocycles. The molecule has 0 radical (unpaired) electrons. The van der Waals surface area contributed by atoms with Crippen LogP contribution in [0.2, 0.25) is 0 Å². The lowest BCUT2D eigenvalue weighted by Gasteiger charge is -2.24. The zero-order valence-corrected chi connectivity index (χ0v) is 11.5. The van der Waals surface area contributed by atoms with Gasteiger partial charge in [-0.05, 0) is 48.4 Å². The Morgan fingerprint density at radius 1 is 1.17 bits per heavy atom. The number of hydrogen-bond acceptors (Lipinski definition) is 1. The van der Waals surface area contributed by atoms with E-state index in [4.69, 9.17) is 4.74 Å². The molecule has 0 N–H and O–H groups in total. The zero-order valence-electron chi connectivity index (χ0n) is 11.5. The number of allylic oxidation sites excluding steroid dienone is 1. The third-order valence-corrected chi connectivity index (χ3v) is 3.80. The van der Waals surface area contributed by atoms with Crippen LogP contribution in [0.3, 0.4) is 0 Å². The van der Waals surface area contributed by atoms with Gasteiger partial charge in [0, 0.05) is 0 Å². The second kappa shape index (κ2) is 6.63. The van der Waals surface area contributed by atoms with Gasteiger partial charge >= 0.3 is 0 Å². The molecule has 0 aliphatic heterocycles. The van der Waals surface area contributed by atoms with Crippen molar-refractivity contribution in [3.8, 4) is 5.75 Å². The molecule has 1 aliphatic carbocycles. The Morgan fingerprint density at radius 3 is 2.44 bits per heavy atom. The Bertz CT molecular complexity index is 371. The first-order valence-corrected chi connectivity index (χ1v) is 7.23. The normalized spacial score (nSPS) is 16.5. The van der Waals surface area contributed by atoms with Crippen molar-refractivity contribution in [2.45, 2.75) is 45.4 Å². The molecule has 1 aromatic carbocycles. The summed E-state index contributed by atoms with van der Waals surface area (Å²) in [5, 5.41) is 0. The highest BCUT2D eigenvalue weighted by atomic mass is 16.5. The van der Waals surface area contributed by atoms with Crippen LogP contribution in [0.5, 0.6) is 5.75 Å². The lowest BCUT2D eigenvalue weighted by atomic mass is 9.82. The molecule has 0 saturated heterocycles.